The SMILES string of the molecule is C=C/C(=C\C=C/C)CN(C(=O)NCC(=O)O)C(=O)c1cccc(-c2ccccc2)c1. The van der Waals surface area contributed by atoms with E-state index >= 15 is 0 Å². The number of hydrogen-bond donors (Lipinski definition) is 2. The van der Waals surface area contributed by atoms with Crippen molar-refractivity contribution >= 4 is 17.9 Å². The molecule has 0 saturated carbocycles. The molecular formula is C24H24N2O4. The minimum atomic E-state index is -1.20. The third-order valence-corrected chi connectivity index (χ3v) is 4.20. The van der Waals surface area contributed by atoms with E-state index in [9.17, 15) is 14.4 Å². The maximum atomic E-state index is 13.2. The number of allylic oxidation sites excluding steroid dienone is 3. The maximum Gasteiger partial charge on any atom is 0.325 e. The molecule has 2 aromatic rings. The molecule has 0 aliphatic rings. The number of aliphatic carboxylic acids is 1. The van der Waals surface area contributed by atoms with Gasteiger partial charge in [-0.05, 0) is 35.8 Å². The van der Waals surface area contributed by atoms with Crippen LogP contribution < -0.4 is 5.32 Å². The zero-order valence-corrected chi connectivity index (χ0v) is 16.7. The first kappa shape index (κ1) is 22.4. The van der Waals surface area contributed by atoms with Crippen LogP contribution in [0.2, 0.25) is 0 Å². The summed E-state index contributed by atoms with van der Waals surface area (Å²) in [6.45, 7) is 4.93. The van der Waals surface area contributed by atoms with Gasteiger partial charge >= 0.3 is 12.0 Å². The third kappa shape index (κ3) is 6.31. The zero-order valence-electron chi connectivity index (χ0n) is 16.7. The first-order valence-corrected chi connectivity index (χ1v) is 9.37. The van der Waals surface area contributed by atoms with Gasteiger partial charge in [-0.1, -0.05) is 73.3 Å². The standard InChI is InChI=1S/C24H24N2O4/c1-3-5-10-18(4-2)17-26(24(30)25-16-22(27)28)23(29)21-14-9-13-20(15-21)19-11-7-6-8-12-19/h3-15H,2,16-17H2,1H3,(H,25,30)(H,27,28)/b5-3-,18-10+. The Morgan fingerprint density at radius 3 is 2.40 bits per heavy atom. The number of carbonyl (C=O) groups excluding carboxylic acids is 2. The number of imide groups is 1. The molecule has 6 nitrogen and oxygen atoms in total. The molecule has 0 bridgehead atoms. The van der Waals surface area contributed by atoms with Crippen LogP contribution in [0.5, 0.6) is 0 Å². The van der Waals surface area contributed by atoms with Crippen molar-refractivity contribution in [2.45, 2.75) is 6.92 Å². The molecule has 0 aliphatic carbocycles. The van der Waals surface area contributed by atoms with E-state index < -0.39 is 24.5 Å². The van der Waals surface area contributed by atoms with Crippen molar-refractivity contribution < 1.29 is 19.5 Å². The van der Waals surface area contributed by atoms with Gasteiger partial charge in [0.05, 0.1) is 6.54 Å². The van der Waals surface area contributed by atoms with Crippen LogP contribution in [0.3, 0.4) is 0 Å². The van der Waals surface area contributed by atoms with Gasteiger partial charge in [-0.3, -0.25) is 14.5 Å². The molecule has 0 aromatic heterocycles. The van der Waals surface area contributed by atoms with Gasteiger partial charge in [0, 0.05) is 5.56 Å². The fourth-order valence-electron chi connectivity index (χ4n) is 2.69. The average molecular weight is 404 g/mol. The molecule has 2 aromatic carbocycles. The van der Waals surface area contributed by atoms with Crippen LogP contribution in [0.25, 0.3) is 11.1 Å². The number of carbonyl (C=O) groups is 3. The van der Waals surface area contributed by atoms with E-state index in [1.165, 1.54) is 0 Å². The summed E-state index contributed by atoms with van der Waals surface area (Å²) in [6, 6.07) is 15.7. The molecule has 0 saturated heterocycles. The lowest BCUT2D eigenvalue weighted by molar-refractivity contribution is -0.135. The zero-order chi connectivity index (χ0) is 21.9. The highest BCUT2D eigenvalue weighted by Gasteiger charge is 2.24. The lowest BCUT2D eigenvalue weighted by atomic mass is 10.0. The molecule has 30 heavy (non-hydrogen) atoms. The number of nitrogens with one attached hydrogen (secondary N) is 1. The summed E-state index contributed by atoms with van der Waals surface area (Å²) >= 11 is 0. The maximum absolute atomic E-state index is 13.2. The van der Waals surface area contributed by atoms with Crippen molar-refractivity contribution in [1.29, 1.82) is 0 Å². The molecule has 0 aliphatic heterocycles. The second-order valence-corrected chi connectivity index (χ2v) is 6.36. The Labute approximate surface area is 175 Å². The lowest BCUT2D eigenvalue weighted by Gasteiger charge is -2.22. The van der Waals surface area contributed by atoms with Crippen LogP contribution in [0.1, 0.15) is 17.3 Å². The van der Waals surface area contributed by atoms with E-state index in [0.717, 1.165) is 16.0 Å². The number of carboxylic acid groups (broad SMARTS) is 1. The minimum Gasteiger partial charge on any atom is -0.480 e. The van der Waals surface area contributed by atoms with Gasteiger partial charge in [0.15, 0.2) is 0 Å². The van der Waals surface area contributed by atoms with Crippen LogP contribution in [-0.2, 0) is 4.79 Å². The smallest absolute Gasteiger partial charge is 0.325 e. The van der Waals surface area contributed by atoms with Crippen molar-refractivity contribution in [2.24, 2.45) is 0 Å². The molecule has 154 valence electrons. The Balaban J connectivity index is 2.37. The molecule has 0 fully saturated rings. The number of amides is 3. The minimum absolute atomic E-state index is 0.0479. The van der Waals surface area contributed by atoms with Gasteiger partial charge in [0.1, 0.15) is 6.54 Å². The molecular weight excluding hydrogens is 380 g/mol. The van der Waals surface area contributed by atoms with Crippen LogP contribution in [0.4, 0.5) is 4.79 Å². The van der Waals surface area contributed by atoms with E-state index in [0.29, 0.717) is 11.1 Å². The fraction of sp³-hybridized carbons (Fsp3) is 0.125. The van der Waals surface area contributed by atoms with Gasteiger partial charge in [-0.25, -0.2) is 4.79 Å². The van der Waals surface area contributed by atoms with E-state index in [2.05, 4.69) is 11.9 Å². The van der Waals surface area contributed by atoms with E-state index in [4.69, 9.17) is 5.11 Å². The molecule has 0 radical (unpaired) electrons. The first-order valence-electron chi connectivity index (χ1n) is 9.37. The van der Waals surface area contributed by atoms with Crippen LogP contribution in [0, 0.1) is 0 Å². The largest absolute Gasteiger partial charge is 0.480 e. The average Bonchev–Trinajstić information content (AvgIpc) is 2.78. The molecule has 6 heteroatoms. The molecule has 0 unspecified atom stereocenters. The Hall–Kier alpha value is -3.93. The predicted molar refractivity (Wildman–Crippen MR) is 117 cm³/mol. The van der Waals surface area contributed by atoms with Crippen LogP contribution in [-0.4, -0.2) is 41.0 Å². The topological polar surface area (TPSA) is 86.7 Å². The number of rotatable bonds is 8. The molecule has 2 rings (SSSR count). The van der Waals surface area contributed by atoms with Crippen molar-refractivity contribution in [2.75, 3.05) is 13.1 Å². The number of hydrogen-bond acceptors (Lipinski definition) is 3. The van der Waals surface area contributed by atoms with E-state index in [-0.39, 0.29) is 6.54 Å². The number of benzene rings is 2. The van der Waals surface area contributed by atoms with Gasteiger partial charge in [-0.2, -0.15) is 0 Å². The summed E-state index contributed by atoms with van der Waals surface area (Å²) in [5.41, 5.74) is 2.72. The van der Waals surface area contributed by atoms with Crippen LogP contribution in [0.15, 0.2) is 91.1 Å². The van der Waals surface area contributed by atoms with Gasteiger partial charge in [0.25, 0.3) is 5.91 Å². The highest BCUT2D eigenvalue weighted by atomic mass is 16.4. The molecule has 0 heterocycles. The Morgan fingerprint density at radius 1 is 1.07 bits per heavy atom. The molecule has 3 amide bonds. The quantitative estimate of drug-likeness (QED) is 0.643. The van der Waals surface area contributed by atoms with E-state index in [1.807, 2.05) is 49.4 Å². The second-order valence-electron chi connectivity index (χ2n) is 6.36. The Bertz CT molecular complexity index is 978. The predicted octanol–water partition coefficient (Wildman–Crippen LogP) is 4.28. The first-order chi connectivity index (χ1) is 14.5. The number of nitrogens with zero attached hydrogens (tertiary/aromatic N) is 1. The summed E-state index contributed by atoms with van der Waals surface area (Å²) in [4.78, 5) is 37.6. The van der Waals surface area contributed by atoms with Gasteiger partial charge in [-0.15, -0.1) is 0 Å². The van der Waals surface area contributed by atoms with Crippen molar-refractivity contribution in [3.05, 3.63) is 96.6 Å². The normalized spacial score (nSPS) is 11.2. The fourth-order valence-corrected chi connectivity index (χ4v) is 2.69. The molecule has 0 spiro atoms. The third-order valence-electron chi connectivity index (χ3n) is 4.20. The Morgan fingerprint density at radius 2 is 1.77 bits per heavy atom. The van der Waals surface area contributed by atoms with Crippen molar-refractivity contribution in [3.8, 4) is 11.1 Å². The van der Waals surface area contributed by atoms with Gasteiger partial charge in [0.2, 0.25) is 0 Å². The van der Waals surface area contributed by atoms with Crippen LogP contribution >= 0.6 is 0 Å². The number of carboxylic acids is 1. The van der Waals surface area contributed by atoms with Crippen molar-refractivity contribution in [1.82, 2.24) is 10.2 Å². The molecule has 2 N–H and O–H groups in total. The number of urea groups is 1. The van der Waals surface area contributed by atoms with E-state index in [1.54, 1.807) is 36.4 Å². The highest BCUT2D eigenvalue weighted by molar-refractivity contribution is 6.05. The second kappa shape index (κ2) is 11.2. The lowest BCUT2D eigenvalue weighted by Crippen LogP contribution is -2.46. The van der Waals surface area contributed by atoms with Crippen molar-refractivity contribution in [3.63, 3.8) is 0 Å². The summed E-state index contributed by atoms with van der Waals surface area (Å²) in [5.74, 6) is -1.74. The van der Waals surface area contributed by atoms with Gasteiger partial charge < -0.3 is 10.4 Å². The monoisotopic (exact) mass is 404 g/mol. The summed E-state index contributed by atoms with van der Waals surface area (Å²) in [5, 5.41) is 11.1. The summed E-state index contributed by atoms with van der Waals surface area (Å²) in [6.07, 6.45) is 6.86. The summed E-state index contributed by atoms with van der Waals surface area (Å²) < 4.78 is 0. The molecule has 0 atom stereocenters. The summed E-state index contributed by atoms with van der Waals surface area (Å²) in [7, 11) is 0. The highest BCUT2D eigenvalue weighted by Crippen LogP contribution is 2.21. The Kier molecular flexibility index (Phi) is 8.32.